The van der Waals surface area contributed by atoms with E-state index in [9.17, 15) is 4.79 Å². The van der Waals surface area contributed by atoms with Crippen LogP contribution in [0.25, 0.3) is 11.3 Å². The topological polar surface area (TPSA) is 73.1 Å². The summed E-state index contributed by atoms with van der Waals surface area (Å²) in [7, 11) is 0. The summed E-state index contributed by atoms with van der Waals surface area (Å²) in [6.07, 6.45) is 6.72. The predicted octanol–water partition coefficient (Wildman–Crippen LogP) is 2.75. The Bertz CT molecular complexity index is 917. The van der Waals surface area contributed by atoms with Crippen molar-refractivity contribution in [3.05, 3.63) is 60.6 Å². The van der Waals surface area contributed by atoms with Gasteiger partial charge in [-0.05, 0) is 49.2 Å². The molecular formula is C21H23N5O2. The normalized spacial score (nSPS) is 14.0. The third kappa shape index (κ3) is 4.03. The number of benzene rings is 1. The fourth-order valence-corrected chi connectivity index (χ4v) is 3.26. The van der Waals surface area contributed by atoms with Crippen molar-refractivity contribution in [2.24, 2.45) is 0 Å². The van der Waals surface area contributed by atoms with Gasteiger partial charge < -0.3 is 9.64 Å². The Kier molecular flexibility index (Phi) is 5.32. The minimum atomic E-state index is 0.173. The lowest BCUT2D eigenvalue weighted by molar-refractivity contribution is -0.137. The molecule has 0 radical (unpaired) electrons. The fourth-order valence-electron chi connectivity index (χ4n) is 3.26. The largest absolute Gasteiger partial charge is 0.494 e. The van der Waals surface area contributed by atoms with Crippen molar-refractivity contribution in [3.8, 4) is 17.0 Å². The molecule has 1 saturated heterocycles. The molecule has 4 rings (SSSR count). The van der Waals surface area contributed by atoms with Crippen molar-refractivity contribution >= 4 is 5.91 Å². The van der Waals surface area contributed by atoms with Crippen LogP contribution in [0.1, 0.15) is 24.9 Å². The van der Waals surface area contributed by atoms with E-state index in [1.165, 1.54) is 0 Å². The molecule has 144 valence electrons. The first-order valence-electron chi connectivity index (χ1n) is 9.54. The predicted molar refractivity (Wildman–Crippen MR) is 105 cm³/mol. The molecule has 28 heavy (non-hydrogen) atoms. The van der Waals surface area contributed by atoms with Gasteiger partial charge in [0.05, 0.1) is 18.8 Å². The van der Waals surface area contributed by atoms with E-state index in [0.717, 1.165) is 29.0 Å². The van der Waals surface area contributed by atoms with E-state index < -0.39 is 0 Å². The number of amides is 1. The molecule has 1 amide bonds. The molecule has 1 aliphatic heterocycles. The van der Waals surface area contributed by atoms with E-state index in [1.54, 1.807) is 6.20 Å². The van der Waals surface area contributed by atoms with E-state index in [-0.39, 0.29) is 11.9 Å². The molecule has 0 saturated carbocycles. The number of hydrogen-bond acceptors (Lipinski definition) is 5. The first-order valence-corrected chi connectivity index (χ1v) is 9.54. The molecule has 0 bridgehead atoms. The molecule has 0 atom stereocenters. The van der Waals surface area contributed by atoms with Gasteiger partial charge in [0.25, 0.3) is 0 Å². The number of likely N-dealkylation sites (tertiary alicyclic amines) is 1. The average Bonchev–Trinajstić information content (AvgIpc) is 3.16. The van der Waals surface area contributed by atoms with Crippen LogP contribution in [-0.2, 0) is 11.2 Å². The molecular weight excluding hydrogens is 354 g/mol. The summed E-state index contributed by atoms with van der Waals surface area (Å²) in [6.45, 7) is 3.97. The first-order chi connectivity index (χ1) is 13.7. The van der Waals surface area contributed by atoms with Crippen LogP contribution >= 0.6 is 0 Å². The molecule has 0 spiro atoms. The highest BCUT2D eigenvalue weighted by molar-refractivity contribution is 5.77. The van der Waals surface area contributed by atoms with Crippen LogP contribution in [0, 0.1) is 0 Å². The number of hydrogen-bond donors (Lipinski definition) is 0. The van der Waals surface area contributed by atoms with E-state index in [4.69, 9.17) is 4.74 Å². The number of aryl methyl sites for hydroxylation is 1. The maximum Gasteiger partial charge on any atom is 0.223 e. The highest BCUT2D eigenvalue weighted by Gasteiger charge is 2.32. The van der Waals surface area contributed by atoms with Crippen molar-refractivity contribution in [2.75, 3.05) is 19.7 Å². The Morgan fingerprint density at radius 2 is 2.04 bits per heavy atom. The highest BCUT2D eigenvalue weighted by atomic mass is 16.5. The number of carbonyl (C=O) groups excluding carboxylic acids is 1. The van der Waals surface area contributed by atoms with E-state index in [1.807, 2.05) is 65.3 Å². The van der Waals surface area contributed by atoms with Crippen molar-refractivity contribution in [1.29, 1.82) is 0 Å². The lowest BCUT2D eigenvalue weighted by Gasteiger charge is -2.39. The molecule has 0 N–H and O–H groups in total. The molecule has 3 aromatic rings. The second-order valence-corrected chi connectivity index (χ2v) is 6.86. The van der Waals surface area contributed by atoms with Gasteiger partial charge in [-0.3, -0.25) is 9.78 Å². The SMILES string of the molecule is CCOc1ccc(-c2cn(C3CN(C(=O)CCc4cccnc4)C3)nn2)cc1. The Balaban J connectivity index is 1.29. The average molecular weight is 377 g/mol. The Morgan fingerprint density at radius 1 is 1.21 bits per heavy atom. The second kappa shape index (κ2) is 8.21. The van der Waals surface area contributed by atoms with Gasteiger partial charge in [-0.1, -0.05) is 11.3 Å². The number of ether oxygens (including phenoxy) is 1. The smallest absolute Gasteiger partial charge is 0.223 e. The van der Waals surface area contributed by atoms with Crippen LogP contribution < -0.4 is 4.74 Å². The third-order valence-electron chi connectivity index (χ3n) is 4.91. The molecule has 3 heterocycles. The summed E-state index contributed by atoms with van der Waals surface area (Å²) < 4.78 is 7.32. The van der Waals surface area contributed by atoms with Crippen LogP contribution in [-0.4, -0.2) is 50.5 Å². The Hall–Kier alpha value is -3.22. The van der Waals surface area contributed by atoms with Crippen LogP contribution in [0.5, 0.6) is 5.75 Å². The third-order valence-corrected chi connectivity index (χ3v) is 4.91. The Morgan fingerprint density at radius 3 is 2.75 bits per heavy atom. The molecule has 1 aromatic carbocycles. The second-order valence-electron chi connectivity index (χ2n) is 6.86. The molecule has 7 heteroatoms. The lowest BCUT2D eigenvalue weighted by Crippen LogP contribution is -2.50. The van der Waals surface area contributed by atoms with Gasteiger partial charge in [-0.15, -0.1) is 5.10 Å². The van der Waals surface area contributed by atoms with Gasteiger partial charge >= 0.3 is 0 Å². The maximum absolute atomic E-state index is 12.3. The number of rotatable bonds is 7. The molecule has 2 aromatic heterocycles. The quantitative estimate of drug-likeness (QED) is 0.633. The monoisotopic (exact) mass is 377 g/mol. The highest BCUT2D eigenvalue weighted by Crippen LogP contribution is 2.25. The molecule has 7 nitrogen and oxygen atoms in total. The summed E-state index contributed by atoms with van der Waals surface area (Å²) >= 11 is 0. The molecule has 1 fully saturated rings. The summed E-state index contributed by atoms with van der Waals surface area (Å²) in [5.74, 6) is 1.02. The van der Waals surface area contributed by atoms with Gasteiger partial charge in [-0.25, -0.2) is 4.68 Å². The van der Waals surface area contributed by atoms with Gasteiger partial charge in [0.15, 0.2) is 0 Å². The standard InChI is InChI=1S/C21H23N5O2/c1-2-28-19-8-6-17(7-9-19)20-15-26(24-23-20)18-13-25(14-18)21(27)10-5-16-4-3-11-22-12-16/h3-4,6-9,11-12,15,18H,2,5,10,13-14H2,1H3. The fraction of sp³-hybridized carbons (Fsp3) is 0.333. The first kappa shape index (κ1) is 18.2. The Labute approximate surface area is 164 Å². The molecule has 0 aliphatic carbocycles. The number of nitrogens with zero attached hydrogens (tertiary/aromatic N) is 5. The summed E-state index contributed by atoms with van der Waals surface area (Å²) in [4.78, 5) is 18.3. The van der Waals surface area contributed by atoms with Crippen LogP contribution in [0.2, 0.25) is 0 Å². The minimum Gasteiger partial charge on any atom is -0.494 e. The van der Waals surface area contributed by atoms with Gasteiger partial charge in [0.2, 0.25) is 5.91 Å². The van der Waals surface area contributed by atoms with Crippen molar-refractivity contribution in [1.82, 2.24) is 24.9 Å². The van der Waals surface area contributed by atoms with Crippen LogP contribution in [0.15, 0.2) is 55.0 Å². The number of pyridine rings is 1. The lowest BCUT2D eigenvalue weighted by atomic mass is 10.1. The zero-order valence-electron chi connectivity index (χ0n) is 15.9. The summed E-state index contributed by atoms with van der Waals surface area (Å²) in [6, 6.07) is 11.9. The van der Waals surface area contributed by atoms with E-state index >= 15 is 0 Å². The van der Waals surface area contributed by atoms with E-state index in [0.29, 0.717) is 26.1 Å². The number of carbonyl (C=O) groups is 1. The molecule has 0 unspecified atom stereocenters. The van der Waals surface area contributed by atoms with Crippen molar-refractivity contribution in [2.45, 2.75) is 25.8 Å². The summed E-state index contributed by atoms with van der Waals surface area (Å²) in [5, 5.41) is 8.52. The maximum atomic E-state index is 12.3. The van der Waals surface area contributed by atoms with Crippen molar-refractivity contribution < 1.29 is 9.53 Å². The van der Waals surface area contributed by atoms with Crippen LogP contribution in [0.3, 0.4) is 0 Å². The van der Waals surface area contributed by atoms with Crippen molar-refractivity contribution in [3.63, 3.8) is 0 Å². The van der Waals surface area contributed by atoms with E-state index in [2.05, 4.69) is 15.3 Å². The van der Waals surface area contributed by atoms with Gasteiger partial charge in [0, 0.05) is 37.5 Å². The van der Waals surface area contributed by atoms with Gasteiger partial charge in [-0.2, -0.15) is 0 Å². The zero-order valence-corrected chi connectivity index (χ0v) is 15.9. The van der Waals surface area contributed by atoms with Gasteiger partial charge in [0.1, 0.15) is 11.4 Å². The summed E-state index contributed by atoms with van der Waals surface area (Å²) in [5.41, 5.74) is 2.91. The zero-order chi connectivity index (χ0) is 19.3. The molecule has 1 aliphatic rings. The van der Waals surface area contributed by atoms with Crippen LogP contribution in [0.4, 0.5) is 0 Å². The minimum absolute atomic E-state index is 0.173. The number of aromatic nitrogens is 4.